The van der Waals surface area contributed by atoms with Gasteiger partial charge in [-0.25, -0.2) is 0 Å². The highest BCUT2D eigenvalue weighted by Gasteiger charge is 2.58. The van der Waals surface area contributed by atoms with Crippen molar-refractivity contribution in [2.45, 2.75) is 108 Å². The molecule has 1 saturated carbocycles. The molecule has 0 aromatic heterocycles. The van der Waals surface area contributed by atoms with Crippen LogP contribution in [0.1, 0.15) is 52.9 Å². The molecule has 212 valence electrons. The first kappa shape index (κ1) is 26.7. The van der Waals surface area contributed by atoms with E-state index in [1.54, 1.807) is 13.2 Å². The maximum absolute atomic E-state index is 13.5. The summed E-state index contributed by atoms with van der Waals surface area (Å²) in [6, 6.07) is 0. The fourth-order valence-electron chi connectivity index (χ4n) is 7.94. The predicted molar refractivity (Wildman–Crippen MR) is 131 cm³/mol. The molecule has 4 aliphatic heterocycles. The highest BCUT2D eigenvalue weighted by Crippen LogP contribution is 2.57. The Morgan fingerprint density at radius 3 is 2.71 bits per heavy atom. The molecule has 2 aliphatic carbocycles. The summed E-state index contributed by atoms with van der Waals surface area (Å²) in [7, 11) is 1.42. The number of hydrogen-bond donors (Lipinski definition) is 3. The van der Waals surface area contributed by atoms with Crippen molar-refractivity contribution >= 4 is 5.97 Å². The summed E-state index contributed by atoms with van der Waals surface area (Å²) in [6.45, 7) is 6.06. The fraction of sp³-hybridized carbons (Fsp3) is 0.821. The number of methoxy groups -OCH3 is 1. The van der Waals surface area contributed by atoms with Crippen LogP contribution in [0.2, 0.25) is 0 Å². The van der Waals surface area contributed by atoms with E-state index in [9.17, 15) is 20.1 Å². The van der Waals surface area contributed by atoms with Crippen LogP contribution in [-0.2, 0) is 33.2 Å². The first-order chi connectivity index (χ1) is 18.1. The van der Waals surface area contributed by atoms with Gasteiger partial charge in [-0.05, 0) is 55.9 Å². The van der Waals surface area contributed by atoms with Gasteiger partial charge in [0.2, 0.25) is 5.79 Å². The second-order valence-corrected chi connectivity index (χ2v) is 12.3. The van der Waals surface area contributed by atoms with Gasteiger partial charge in [-0.2, -0.15) is 0 Å². The third-order valence-electron chi connectivity index (χ3n) is 10.1. The molecule has 0 radical (unpaired) electrons. The molecular weight excluding hydrogens is 496 g/mol. The van der Waals surface area contributed by atoms with E-state index in [-0.39, 0.29) is 29.8 Å². The molecule has 0 amide bonds. The van der Waals surface area contributed by atoms with Crippen LogP contribution in [-0.4, -0.2) is 89.8 Å². The molecule has 0 spiro atoms. The number of carbonyl (C=O) groups is 1. The molecular formula is C28H40O10. The molecule has 38 heavy (non-hydrogen) atoms. The number of ether oxygens (including phenoxy) is 6. The van der Waals surface area contributed by atoms with Crippen LogP contribution in [0.15, 0.2) is 23.5 Å². The van der Waals surface area contributed by atoms with Gasteiger partial charge in [0.1, 0.15) is 24.4 Å². The summed E-state index contributed by atoms with van der Waals surface area (Å²) in [4.78, 5) is 13.5. The lowest BCUT2D eigenvalue weighted by atomic mass is 9.55. The van der Waals surface area contributed by atoms with E-state index in [0.29, 0.717) is 25.9 Å². The minimum atomic E-state index is -1.20. The van der Waals surface area contributed by atoms with Gasteiger partial charge in [-0.15, -0.1) is 0 Å². The lowest BCUT2D eigenvalue weighted by Gasteiger charge is -2.52. The molecule has 6 aliphatic rings. The number of rotatable bonds is 3. The van der Waals surface area contributed by atoms with Gasteiger partial charge in [0.15, 0.2) is 6.29 Å². The topological polar surface area (TPSA) is 133 Å². The number of allylic oxidation sites excluding steroid dienone is 1. The molecule has 6 rings (SSSR count). The molecule has 13 atom stereocenters. The Morgan fingerprint density at radius 1 is 1.16 bits per heavy atom. The summed E-state index contributed by atoms with van der Waals surface area (Å²) < 4.78 is 35.0. The summed E-state index contributed by atoms with van der Waals surface area (Å²) >= 11 is 0. The molecule has 4 fully saturated rings. The van der Waals surface area contributed by atoms with E-state index in [1.807, 2.05) is 6.92 Å². The highest BCUT2D eigenvalue weighted by molar-refractivity contribution is 5.74. The first-order valence-corrected chi connectivity index (χ1v) is 13.8. The fourth-order valence-corrected chi connectivity index (χ4v) is 7.94. The minimum Gasteiger partial charge on any atom is -0.469 e. The Morgan fingerprint density at radius 2 is 1.95 bits per heavy atom. The van der Waals surface area contributed by atoms with E-state index in [4.69, 9.17) is 28.4 Å². The minimum absolute atomic E-state index is 0.0114. The van der Waals surface area contributed by atoms with E-state index in [2.05, 4.69) is 13.0 Å². The van der Waals surface area contributed by atoms with Crippen molar-refractivity contribution in [2.75, 3.05) is 13.7 Å². The number of aliphatic hydroxyl groups is 3. The van der Waals surface area contributed by atoms with Crippen LogP contribution in [0.4, 0.5) is 0 Å². The van der Waals surface area contributed by atoms with Crippen LogP contribution in [0.25, 0.3) is 0 Å². The lowest BCUT2D eigenvalue weighted by Crippen LogP contribution is -2.60. The molecule has 3 N–H and O–H groups in total. The maximum atomic E-state index is 13.5. The zero-order valence-electron chi connectivity index (χ0n) is 22.4. The smallest absolute Gasteiger partial charge is 0.309 e. The van der Waals surface area contributed by atoms with E-state index in [0.717, 1.165) is 24.0 Å². The monoisotopic (exact) mass is 536 g/mol. The van der Waals surface area contributed by atoms with Gasteiger partial charge in [0.25, 0.3) is 0 Å². The van der Waals surface area contributed by atoms with E-state index in [1.165, 1.54) is 7.11 Å². The van der Waals surface area contributed by atoms with Crippen LogP contribution in [0, 0.1) is 23.2 Å². The second-order valence-electron chi connectivity index (χ2n) is 12.3. The average molecular weight is 537 g/mol. The lowest BCUT2D eigenvalue weighted by molar-refractivity contribution is -0.315. The zero-order chi connectivity index (χ0) is 27.0. The number of esters is 1. The predicted octanol–water partition coefficient (Wildman–Crippen LogP) is 1.56. The second kappa shape index (κ2) is 9.54. The molecule has 0 aromatic rings. The Bertz CT molecular complexity index is 1010. The van der Waals surface area contributed by atoms with E-state index < -0.39 is 54.1 Å². The molecule has 3 saturated heterocycles. The summed E-state index contributed by atoms with van der Waals surface area (Å²) in [5, 5.41) is 32.3. The van der Waals surface area contributed by atoms with Gasteiger partial charge in [-0.1, -0.05) is 18.6 Å². The maximum Gasteiger partial charge on any atom is 0.309 e. The molecule has 0 unspecified atom stereocenters. The summed E-state index contributed by atoms with van der Waals surface area (Å²) in [5.74, 6) is -1.39. The molecule has 10 heteroatoms. The van der Waals surface area contributed by atoms with Crippen LogP contribution in [0.5, 0.6) is 0 Å². The Kier molecular flexibility index (Phi) is 6.70. The molecule has 4 heterocycles. The van der Waals surface area contributed by atoms with Gasteiger partial charge in [0.05, 0.1) is 43.0 Å². The molecule has 0 bridgehead atoms. The van der Waals surface area contributed by atoms with Gasteiger partial charge in [0, 0.05) is 14.0 Å². The Labute approximate surface area is 222 Å². The van der Waals surface area contributed by atoms with Crippen molar-refractivity contribution in [1.29, 1.82) is 0 Å². The van der Waals surface area contributed by atoms with Crippen LogP contribution in [0.3, 0.4) is 0 Å². The molecule has 0 aromatic carbocycles. The number of carbonyl (C=O) groups excluding carboxylic acids is 1. The van der Waals surface area contributed by atoms with Crippen molar-refractivity contribution < 1.29 is 48.5 Å². The van der Waals surface area contributed by atoms with Crippen molar-refractivity contribution in [3.05, 3.63) is 23.5 Å². The van der Waals surface area contributed by atoms with Crippen molar-refractivity contribution in [2.24, 2.45) is 23.2 Å². The van der Waals surface area contributed by atoms with Crippen molar-refractivity contribution in [3.63, 3.8) is 0 Å². The first-order valence-electron chi connectivity index (χ1n) is 13.8. The quantitative estimate of drug-likeness (QED) is 0.360. The standard InChI is InChI=1S/C28H40O10/c1-13-22(30)24(33-4)23(31)26(36-13)38-19-9-15-6-7-16-17(27(15,2)10-18(19)29)8-5-14-11-34-28(3)21(14)20(12-35-28)37-25(16)32/h6,11,13,16-24,26,29-31H,5,7-10,12H2,1-4H3/t13-,16-,17+,18-,19-,20-,21-,22-,23-,24+,26-,27+,28+/m1/s1. The Hall–Kier alpha value is -1.53. The van der Waals surface area contributed by atoms with Gasteiger partial charge < -0.3 is 43.7 Å². The van der Waals surface area contributed by atoms with Gasteiger partial charge >= 0.3 is 5.97 Å². The van der Waals surface area contributed by atoms with Crippen molar-refractivity contribution in [3.8, 4) is 0 Å². The Balaban J connectivity index is 1.22. The largest absolute Gasteiger partial charge is 0.469 e. The normalized spacial score (nSPS) is 52.2. The number of fused-ring (bicyclic) bond motifs is 3. The van der Waals surface area contributed by atoms with Gasteiger partial charge in [-0.3, -0.25) is 4.79 Å². The molecule has 10 nitrogen and oxygen atoms in total. The number of aliphatic hydroxyl groups excluding tert-OH is 3. The highest BCUT2D eigenvalue weighted by atomic mass is 16.7. The average Bonchev–Trinajstić information content (AvgIpc) is 3.38. The zero-order valence-corrected chi connectivity index (χ0v) is 22.4. The third kappa shape index (κ3) is 4.06. The SMILES string of the molecule is CO[C@@H]1[C@@H](O)[C@@H](O[C@@H]2CC3=CC[C@H]4C(=O)O[C@@H]5CO[C@]6(C)OC=C(CC[C@@H]4[C@@]3(C)C[C@H]2O)[C@H]56)O[C@H](C)[C@H]1O. The summed E-state index contributed by atoms with van der Waals surface area (Å²) in [6.07, 6.45) is 0.433. The number of hydrogen-bond acceptors (Lipinski definition) is 10. The summed E-state index contributed by atoms with van der Waals surface area (Å²) in [5.41, 5.74) is 1.85. The van der Waals surface area contributed by atoms with Crippen LogP contribution >= 0.6 is 0 Å². The van der Waals surface area contributed by atoms with Crippen LogP contribution < -0.4 is 0 Å². The van der Waals surface area contributed by atoms with E-state index >= 15 is 0 Å². The van der Waals surface area contributed by atoms with Crippen molar-refractivity contribution in [1.82, 2.24) is 0 Å². The third-order valence-corrected chi connectivity index (χ3v) is 10.1.